The molecule has 0 aliphatic heterocycles. The van der Waals surface area contributed by atoms with Crippen molar-refractivity contribution in [2.24, 2.45) is 0 Å². The Morgan fingerprint density at radius 3 is 2.60 bits per heavy atom. The van der Waals surface area contributed by atoms with Crippen molar-refractivity contribution in [1.29, 1.82) is 0 Å². The highest BCUT2D eigenvalue weighted by molar-refractivity contribution is 6.30. The molecule has 0 heterocycles. The molecule has 0 amide bonds. The van der Waals surface area contributed by atoms with E-state index in [1.54, 1.807) is 31.2 Å². The number of aliphatic hydroxyl groups excluding tert-OH is 1. The lowest BCUT2D eigenvalue weighted by Gasteiger charge is -2.13. The van der Waals surface area contributed by atoms with Crippen LogP contribution < -0.4 is 4.74 Å². The number of hydrogen-bond donors (Lipinski definition) is 1. The minimum atomic E-state index is -0.738. The van der Waals surface area contributed by atoms with Gasteiger partial charge in [0.15, 0.2) is 0 Å². The molecule has 1 N–H and O–H groups in total. The maximum absolute atomic E-state index is 11.0. The van der Waals surface area contributed by atoms with Crippen molar-refractivity contribution in [2.75, 3.05) is 0 Å². The summed E-state index contributed by atoms with van der Waals surface area (Å²) in [6.07, 6.45) is -0.738. The Bertz CT molecular complexity index is 643. The van der Waals surface area contributed by atoms with Crippen LogP contribution in [0.4, 0.5) is 5.69 Å². The zero-order valence-electron chi connectivity index (χ0n) is 10.6. The molecule has 0 aliphatic carbocycles. The fourth-order valence-corrected chi connectivity index (χ4v) is 1.92. The Balaban J connectivity index is 2.43. The molecule has 1 unspecified atom stereocenters. The molecule has 6 heteroatoms. The number of hydrogen-bond acceptors (Lipinski definition) is 4. The van der Waals surface area contributed by atoms with E-state index < -0.39 is 11.0 Å². The van der Waals surface area contributed by atoms with Crippen LogP contribution in [-0.2, 0) is 0 Å². The smallest absolute Gasteiger partial charge is 0.313 e. The summed E-state index contributed by atoms with van der Waals surface area (Å²) in [7, 11) is 0. The van der Waals surface area contributed by atoms with Crippen molar-refractivity contribution in [2.45, 2.75) is 13.0 Å². The Morgan fingerprint density at radius 2 is 1.95 bits per heavy atom. The van der Waals surface area contributed by atoms with Gasteiger partial charge < -0.3 is 9.84 Å². The monoisotopic (exact) mass is 293 g/mol. The number of benzene rings is 2. The van der Waals surface area contributed by atoms with Gasteiger partial charge in [-0.05, 0) is 25.1 Å². The van der Waals surface area contributed by atoms with Crippen LogP contribution in [0, 0.1) is 10.1 Å². The third-order valence-corrected chi connectivity index (χ3v) is 2.94. The second-order valence-corrected chi connectivity index (χ2v) is 4.62. The van der Waals surface area contributed by atoms with Gasteiger partial charge in [-0.15, -0.1) is 0 Å². The third kappa shape index (κ3) is 3.07. The molecule has 0 saturated heterocycles. The van der Waals surface area contributed by atoms with Gasteiger partial charge in [-0.1, -0.05) is 29.8 Å². The summed E-state index contributed by atoms with van der Waals surface area (Å²) < 4.78 is 5.56. The molecular weight excluding hydrogens is 282 g/mol. The molecular formula is C14H12ClNO4. The van der Waals surface area contributed by atoms with Crippen molar-refractivity contribution in [3.8, 4) is 11.5 Å². The maximum Gasteiger partial charge on any atom is 0.313 e. The molecule has 2 rings (SSSR count). The number of ether oxygens (including phenoxy) is 1. The number of nitro groups is 1. The van der Waals surface area contributed by atoms with E-state index in [4.69, 9.17) is 16.3 Å². The van der Waals surface area contributed by atoms with E-state index in [1.807, 2.05) is 0 Å². The fraction of sp³-hybridized carbons (Fsp3) is 0.143. The van der Waals surface area contributed by atoms with E-state index in [1.165, 1.54) is 18.2 Å². The molecule has 0 bridgehead atoms. The lowest BCUT2D eigenvalue weighted by atomic mass is 10.1. The van der Waals surface area contributed by atoms with Crippen LogP contribution in [0.2, 0.25) is 5.02 Å². The van der Waals surface area contributed by atoms with Crippen LogP contribution in [0.5, 0.6) is 11.5 Å². The van der Waals surface area contributed by atoms with Gasteiger partial charge >= 0.3 is 5.69 Å². The normalized spacial score (nSPS) is 11.9. The van der Waals surface area contributed by atoms with Gasteiger partial charge in [-0.2, -0.15) is 0 Å². The lowest BCUT2D eigenvalue weighted by molar-refractivity contribution is -0.385. The van der Waals surface area contributed by atoms with E-state index >= 15 is 0 Å². The second-order valence-electron chi connectivity index (χ2n) is 4.19. The summed E-state index contributed by atoms with van der Waals surface area (Å²) in [6, 6.07) is 11.0. The van der Waals surface area contributed by atoms with Crippen molar-refractivity contribution < 1.29 is 14.8 Å². The standard InChI is InChI=1S/C14H12ClNO4/c1-9(17)11-4-2-3-5-13(11)20-14-7-6-10(15)8-12(14)16(18)19/h2-9,17H,1H3. The predicted octanol–water partition coefficient (Wildman–Crippen LogP) is 4.09. The van der Waals surface area contributed by atoms with Gasteiger partial charge in [0.2, 0.25) is 5.75 Å². The minimum Gasteiger partial charge on any atom is -0.450 e. The van der Waals surface area contributed by atoms with Crippen LogP contribution >= 0.6 is 11.6 Å². The minimum absolute atomic E-state index is 0.0764. The Morgan fingerprint density at radius 1 is 1.25 bits per heavy atom. The van der Waals surface area contributed by atoms with E-state index in [-0.39, 0.29) is 16.5 Å². The zero-order chi connectivity index (χ0) is 14.7. The number of rotatable bonds is 4. The third-order valence-electron chi connectivity index (χ3n) is 2.71. The summed E-state index contributed by atoms with van der Waals surface area (Å²) >= 11 is 5.75. The highest BCUT2D eigenvalue weighted by Crippen LogP contribution is 2.36. The Kier molecular flexibility index (Phi) is 4.22. The molecule has 0 spiro atoms. The second kappa shape index (κ2) is 5.90. The summed E-state index contributed by atoms with van der Waals surface area (Å²) in [4.78, 5) is 10.4. The quantitative estimate of drug-likeness (QED) is 0.680. The number of para-hydroxylation sites is 1. The molecule has 20 heavy (non-hydrogen) atoms. The predicted molar refractivity (Wildman–Crippen MR) is 75.3 cm³/mol. The first kappa shape index (κ1) is 14.3. The summed E-state index contributed by atoms with van der Waals surface area (Å²) in [5.74, 6) is 0.445. The number of halogens is 1. The molecule has 0 fully saturated rings. The number of nitrogens with zero attached hydrogens (tertiary/aromatic N) is 1. The summed E-state index contributed by atoms with van der Waals surface area (Å²) in [5, 5.41) is 20.9. The highest BCUT2D eigenvalue weighted by atomic mass is 35.5. The molecule has 2 aromatic carbocycles. The maximum atomic E-state index is 11.0. The van der Waals surface area contributed by atoms with Crippen molar-refractivity contribution in [3.63, 3.8) is 0 Å². The summed E-state index contributed by atoms with van der Waals surface area (Å²) in [5.41, 5.74) is 0.328. The summed E-state index contributed by atoms with van der Waals surface area (Å²) in [6.45, 7) is 1.60. The number of aliphatic hydroxyl groups is 1. The van der Waals surface area contributed by atoms with E-state index in [2.05, 4.69) is 0 Å². The largest absolute Gasteiger partial charge is 0.450 e. The van der Waals surface area contributed by atoms with Crippen LogP contribution in [-0.4, -0.2) is 10.0 Å². The molecule has 2 aromatic rings. The van der Waals surface area contributed by atoms with Gasteiger partial charge in [0.1, 0.15) is 5.75 Å². The Hall–Kier alpha value is -2.11. The van der Waals surface area contributed by atoms with Gasteiger partial charge in [0.25, 0.3) is 0 Å². The van der Waals surface area contributed by atoms with Crippen molar-refractivity contribution in [3.05, 3.63) is 63.2 Å². The van der Waals surface area contributed by atoms with Crippen LogP contribution in [0.3, 0.4) is 0 Å². The van der Waals surface area contributed by atoms with Gasteiger partial charge in [-0.25, -0.2) is 0 Å². The van der Waals surface area contributed by atoms with Crippen molar-refractivity contribution >= 4 is 17.3 Å². The Labute approximate surface area is 120 Å². The molecule has 104 valence electrons. The van der Waals surface area contributed by atoms with E-state index in [9.17, 15) is 15.2 Å². The van der Waals surface area contributed by atoms with Crippen LogP contribution in [0.25, 0.3) is 0 Å². The van der Waals surface area contributed by atoms with E-state index in [0.29, 0.717) is 11.3 Å². The van der Waals surface area contributed by atoms with Gasteiger partial charge in [0, 0.05) is 16.7 Å². The van der Waals surface area contributed by atoms with E-state index in [0.717, 1.165) is 0 Å². The zero-order valence-corrected chi connectivity index (χ0v) is 11.4. The molecule has 5 nitrogen and oxygen atoms in total. The fourth-order valence-electron chi connectivity index (χ4n) is 1.76. The van der Waals surface area contributed by atoms with Crippen LogP contribution in [0.15, 0.2) is 42.5 Å². The molecule has 0 radical (unpaired) electrons. The average Bonchev–Trinajstić information content (AvgIpc) is 2.41. The average molecular weight is 294 g/mol. The SMILES string of the molecule is CC(O)c1ccccc1Oc1ccc(Cl)cc1[N+](=O)[O-]. The molecule has 0 saturated carbocycles. The van der Waals surface area contributed by atoms with Gasteiger partial charge in [-0.3, -0.25) is 10.1 Å². The lowest BCUT2D eigenvalue weighted by Crippen LogP contribution is -1.98. The van der Waals surface area contributed by atoms with Crippen LogP contribution in [0.1, 0.15) is 18.6 Å². The first-order chi connectivity index (χ1) is 9.49. The molecule has 0 aromatic heterocycles. The van der Waals surface area contributed by atoms with Crippen molar-refractivity contribution in [1.82, 2.24) is 0 Å². The van der Waals surface area contributed by atoms with Gasteiger partial charge in [0.05, 0.1) is 11.0 Å². The first-order valence-electron chi connectivity index (χ1n) is 5.88. The number of nitro benzene ring substituents is 1. The molecule has 0 aliphatic rings. The highest BCUT2D eigenvalue weighted by Gasteiger charge is 2.18. The first-order valence-corrected chi connectivity index (χ1v) is 6.25. The molecule has 1 atom stereocenters. The topological polar surface area (TPSA) is 72.6 Å².